The molecular weight excluding hydrogens is 923 g/mol. The molecule has 21 heteroatoms. The molecule has 0 saturated heterocycles. The van der Waals surface area contributed by atoms with Crippen LogP contribution in [-0.4, -0.2) is 64.8 Å². The molecule has 4 aromatic heterocycles. The number of alkyl halides is 6. The van der Waals surface area contributed by atoms with E-state index >= 15 is 0 Å². The Morgan fingerprint density at radius 1 is 0.571 bits per heavy atom. The van der Waals surface area contributed by atoms with E-state index in [0.29, 0.717) is 34.1 Å². The third-order valence-electron chi connectivity index (χ3n) is 11.4. The maximum atomic E-state index is 14.2. The van der Waals surface area contributed by atoms with Gasteiger partial charge in [0, 0.05) is 58.4 Å². The zero-order chi connectivity index (χ0) is 50.2. The topological polar surface area (TPSA) is 210 Å². The molecule has 8 rings (SSSR count). The predicted octanol–water partition coefficient (Wildman–Crippen LogP) is 7.03. The molecule has 0 bridgehead atoms. The standard InChI is InChI=1S/C49H40F6N10O5/c1-27-38(42-17-19-60-64(42)33-13-9-31(56)10-14-33)23-40(46(69)62(27)35-7-3-5-29(21-35)48(50,51)52)44(67)58-25-37(66)26-59-45(68)41-24-39(43-18-20-61-65(43)34-15-11-32(57)12-16-34)28(2)63(47(41)70)36-8-4-6-30(22-36)49(53,54)55/h3-24,37,66H,25-26,56-57H2,1-2H3,(H,58,67)(H,59,68). The van der Waals surface area contributed by atoms with Gasteiger partial charge in [0.25, 0.3) is 22.9 Å². The van der Waals surface area contributed by atoms with Crippen molar-refractivity contribution in [1.82, 2.24) is 39.3 Å². The molecule has 2 amide bonds. The predicted molar refractivity (Wildman–Crippen MR) is 248 cm³/mol. The molecule has 0 aliphatic heterocycles. The third kappa shape index (κ3) is 9.54. The van der Waals surface area contributed by atoms with E-state index in [1.165, 1.54) is 59.9 Å². The highest BCUT2D eigenvalue weighted by Gasteiger charge is 2.33. The fourth-order valence-corrected chi connectivity index (χ4v) is 7.86. The first-order chi connectivity index (χ1) is 33.2. The summed E-state index contributed by atoms with van der Waals surface area (Å²) in [5.41, 5.74) is 9.67. The number of hydrogen-bond acceptors (Lipinski definition) is 9. The second-order valence-corrected chi connectivity index (χ2v) is 16.0. The van der Waals surface area contributed by atoms with E-state index < -0.39 is 76.7 Å². The molecule has 7 N–H and O–H groups in total. The van der Waals surface area contributed by atoms with Crippen LogP contribution in [0, 0.1) is 13.8 Å². The van der Waals surface area contributed by atoms with Crippen molar-refractivity contribution in [2.24, 2.45) is 0 Å². The maximum absolute atomic E-state index is 14.2. The number of anilines is 2. The minimum absolute atomic E-state index is 0.155. The second-order valence-electron chi connectivity index (χ2n) is 16.0. The molecule has 0 atom stereocenters. The van der Waals surface area contributed by atoms with Crippen LogP contribution in [0.1, 0.15) is 43.2 Å². The van der Waals surface area contributed by atoms with Crippen LogP contribution < -0.4 is 33.2 Å². The highest BCUT2D eigenvalue weighted by Crippen LogP contribution is 2.34. The average Bonchev–Trinajstić information content (AvgIpc) is 4.02. The third-order valence-corrected chi connectivity index (χ3v) is 11.4. The highest BCUT2D eigenvalue weighted by atomic mass is 19.4. The summed E-state index contributed by atoms with van der Waals surface area (Å²) >= 11 is 0. The van der Waals surface area contributed by atoms with Crippen LogP contribution in [0.5, 0.6) is 0 Å². The zero-order valence-corrected chi connectivity index (χ0v) is 36.9. The number of nitrogens with one attached hydrogen (secondary N) is 2. The van der Waals surface area contributed by atoms with Gasteiger partial charge in [-0.3, -0.25) is 28.3 Å². The summed E-state index contributed by atoms with van der Waals surface area (Å²) in [5.74, 6) is -2.08. The first kappa shape index (κ1) is 47.8. The summed E-state index contributed by atoms with van der Waals surface area (Å²) in [7, 11) is 0. The van der Waals surface area contributed by atoms with Gasteiger partial charge in [0.1, 0.15) is 11.1 Å². The Balaban J connectivity index is 1.10. The molecule has 15 nitrogen and oxygen atoms in total. The summed E-state index contributed by atoms with van der Waals surface area (Å²) < 4.78 is 88.3. The first-order valence-electron chi connectivity index (χ1n) is 21.1. The van der Waals surface area contributed by atoms with E-state index in [1.807, 2.05) is 0 Å². The van der Waals surface area contributed by atoms with E-state index in [4.69, 9.17) is 11.5 Å². The fraction of sp³-hybridized carbons (Fsp3) is 0.143. The molecule has 0 aliphatic rings. The molecule has 4 aromatic carbocycles. The number of nitrogen functional groups attached to an aromatic ring is 2. The van der Waals surface area contributed by atoms with Gasteiger partial charge in [0.2, 0.25) is 0 Å². The van der Waals surface area contributed by atoms with E-state index in [1.54, 1.807) is 60.7 Å². The molecular formula is C49H40F6N10O5. The van der Waals surface area contributed by atoms with E-state index in [-0.39, 0.29) is 33.9 Å². The van der Waals surface area contributed by atoms with E-state index in [9.17, 15) is 50.6 Å². The molecule has 4 heterocycles. The molecule has 0 saturated carbocycles. The van der Waals surface area contributed by atoms with Crippen molar-refractivity contribution >= 4 is 23.2 Å². The number of carbonyl (C=O) groups excluding carboxylic acids is 2. The lowest BCUT2D eigenvalue weighted by Gasteiger charge is -2.20. The SMILES string of the molecule is Cc1c(-c2ccnn2-c2ccc(N)cc2)cc(C(=O)NCC(O)CNC(=O)c2cc(-c3ccnn3-c3ccc(N)cc3)c(C)n(-c3cccc(C(F)(F)F)c3)c2=O)c(=O)n1-c1cccc(C(F)(F)F)c1. The van der Waals surface area contributed by atoms with Crippen molar-refractivity contribution in [3.63, 3.8) is 0 Å². The van der Waals surface area contributed by atoms with Crippen LogP contribution in [0.25, 0.3) is 45.3 Å². The molecule has 0 fully saturated rings. The van der Waals surface area contributed by atoms with Gasteiger partial charge in [0.05, 0.1) is 52.4 Å². The summed E-state index contributed by atoms with van der Waals surface area (Å²) in [6, 6.07) is 26.8. The molecule has 8 aromatic rings. The normalized spacial score (nSPS) is 11.8. The van der Waals surface area contributed by atoms with Gasteiger partial charge in [-0.05, 0) is 123 Å². The Bertz CT molecular complexity index is 3190. The van der Waals surface area contributed by atoms with Crippen LogP contribution >= 0.6 is 0 Å². The average molecular weight is 963 g/mol. The van der Waals surface area contributed by atoms with Crippen LogP contribution in [-0.2, 0) is 12.4 Å². The van der Waals surface area contributed by atoms with Gasteiger partial charge >= 0.3 is 12.4 Å². The molecule has 0 unspecified atom stereocenters. The van der Waals surface area contributed by atoms with Crippen molar-refractivity contribution in [2.45, 2.75) is 32.3 Å². The zero-order valence-electron chi connectivity index (χ0n) is 36.9. The van der Waals surface area contributed by atoms with Crippen molar-refractivity contribution in [1.29, 1.82) is 0 Å². The van der Waals surface area contributed by atoms with Crippen LogP contribution in [0.15, 0.2) is 143 Å². The van der Waals surface area contributed by atoms with E-state index in [2.05, 4.69) is 20.8 Å². The number of rotatable bonds is 12. The lowest BCUT2D eigenvalue weighted by Crippen LogP contribution is -2.43. The van der Waals surface area contributed by atoms with Crippen LogP contribution in [0.3, 0.4) is 0 Å². The number of aromatic nitrogens is 6. The van der Waals surface area contributed by atoms with Crippen molar-refractivity contribution in [3.8, 4) is 45.3 Å². The number of carbonyl (C=O) groups is 2. The number of nitrogens with two attached hydrogens (primary N) is 2. The largest absolute Gasteiger partial charge is 0.416 e. The summed E-state index contributed by atoms with van der Waals surface area (Å²) in [6.07, 6.45) is -8.22. The Hall–Kier alpha value is -8.72. The first-order valence-corrected chi connectivity index (χ1v) is 21.1. The molecule has 0 spiro atoms. The van der Waals surface area contributed by atoms with Gasteiger partial charge in [-0.2, -0.15) is 36.5 Å². The number of aliphatic hydroxyl groups is 1. The number of nitrogens with zero attached hydrogens (tertiary/aromatic N) is 6. The lowest BCUT2D eigenvalue weighted by atomic mass is 10.0. The Kier molecular flexibility index (Phi) is 12.8. The maximum Gasteiger partial charge on any atom is 0.416 e. The molecule has 0 aliphatic carbocycles. The monoisotopic (exact) mass is 962 g/mol. The number of pyridine rings is 2. The fourth-order valence-electron chi connectivity index (χ4n) is 7.86. The van der Waals surface area contributed by atoms with Crippen molar-refractivity contribution in [3.05, 3.63) is 188 Å². The quantitative estimate of drug-likeness (QED) is 0.0628. The highest BCUT2D eigenvalue weighted by molar-refractivity contribution is 5.96. The van der Waals surface area contributed by atoms with Gasteiger partial charge in [-0.15, -0.1) is 0 Å². The van der Waals surface area contributed by atoms with Gasteiger partial charge in [-0.25, -0.2) is 9.36 Å². The van der Waals surface area contributed by atoms with Crippen LogP contribution in [0.2, 0.25) is 0 Å². The number of halogens is 6. The Labute approximate surface area is 392 Å². The molecule has 0 radical (unpaired) electrons. The molecule has 70 heavy (non-hydrogen) atoms. The smallest absolute Gasteiger partial charge is 0.399 e. The lowest BCUT2D eigenvalue weighted by molar-refractivity contribution is -0.138. The number of hydrogen-bond donors (Lipinski definition) is 5. The summed E-state index contributed by atoms with van der Waals surface area (Å²) in [6.45, 7) is 1.79. The van der Waals surface area contributed by atoms with Crippen molar-refractivity contribution in [2.75, 3.05) is 24.6 Å². The van der Waals surface area contributed by atoms with Gasteiger partial charge in [0.15, 0.2) is 0 Å². The summed E-state index contributed by atoms with van der Waals surface area (Å²) in [5, 5.41) is 24.7. The number of aliphatic hydroxyl groups excluding tert-OH is 1. The second kappa shape index (κ2) is 18.8. The number of amides is 2. The Morgan fingerprint density at radius 3 is 1.30 bits per heavy atom. The summed E-state index contributed by atoms with van der Waals surface area (Å²) in [4.78, 5) is 56.2. The Morgan fingerprint density at radius 2 is 0.943 bits per heavy atom. The van der Waals surface area contributed by atoms with Crippen molar-refractivity contribution < 1.29 is 41.0 Å². The minimum Gasteiger partial charge on any atom is -0.399 e. The minimum atomic E-state index is -4.77. The van der Waals surface area contributed by atoms with E-state index in [0.717, 1.165) is 45.5 Å². The molecule has 358 valence electrons. The van der Waals surface area contributed by atoms with Gasteiger partial charge < -0.3 is 27.2 Å². The number of benzene rings is 4. The van der Waals surface area contributed by atoms with Crippen LogP contribution in [0.4, 0.5) is 37.7 Å². The van der Waals surface area contributed by atoms with Gasteiger partial charge in [-0.1, -0.05) is 12.1 Å².